The molecule has 0 fully saturated rings. The average Bonchev–Trinajstić information content (AvgIpc) is 2.77. The number of rotatable bonds is 7. The molecule has 0 aliphatic heterocycles. The number of carbonyl (C=O) groups excluding carboxylic acids is 2. The van der Waals surface area contributed by atoms with Crippen molar-refractivity contribution in [2.45, 2.75) is 39.8 Å². The zero-order chi connectivity index (χ0) is 22.4. The first kappa shape index (κ1) is 22.1. The summed E-state index contributed by atoms with van der Waals surface area (Å²) in [7, 11) is 0. The molecule has 0 saturated heterocycles. The Morgan fingerprint density at radius 2 is 1.52 bits per heavy atom. The van der Waals surface area contributed by atoms with Crippen LogP contribution in [-0.2, 0) is 4.79 Å². The summed E-state index contributed by atoms with van der Waals surface area (Å²) >= 11 is 0. The summed E-state index contributed by atoms with van der Waals surface area (Å²) in [5.41, 5.74) is 4.11. The van der Waals surface area contributed by atoms with Gasteiger partial charge in [-0.1, -0.05) is 48.5 Å². The van der Waals surface area contributed by atoms with Gasteiger partial charge in [-0.3, -0.25) is 9.59 Å². The monoisotopic (exact) mass is 416 g/mol. The van der Waals surface area contributed by atoms with E-state index in [1.807, 2.05) is 69.3 Å². The van der Waals surface area contributed by atoms with Crippen LogP contribution < -0.4 is 15.4 Å². The third-order valence-electron chi connectivity index (χ3n) is 5.24. The van der Waals surface area contributed by atoms with E-state index in [2.05, 4.69) is 10.6 Å². The number of ether oxygens (including phenoxy) is 1. The Bertz CT molecular complexity index is 1060. The van der Waals surface area contributed by atoms with Crippen LogP contribution in [-0.4, -0.2) is 17.9 Å². The van der Waals surface area contributed by atoms with Crippen molar-refractivity contribution in [3.63, 3.8) is 0 Å². The minimum absolute atomic E-state index is 0.163. The van der Waals surface area contributed by atoms with Gasteiger partial charge in [-0.05, 0) is 68.7 Å². The quantitative estimate of drug-likeness (QED) is 0.556. The van der Waals surface area contributed by atoms with Gasteiger partial charge >= 0.3 is 0 Å². The summed E-state index contributed by atoms with van der Waals surface area (Å²) in [4.78, 5) is 25.6. The second-order valence-corrected chi connectivity index (χ2v) is 7.65. The summed E-state index contributed by atoms with van der Waals surface area (Å²) in [6, 6.07) is 22.2. The highest BCUT2D eigenvalue weighted by Gasteiger charge is 2.19. The molecule has 2 N–H and O–H groups in total. The lowest BCUT2D eigenvalue weighted by Crippen LogP contribution is -2.32. The number of hydrogen-bond acceptors (Lipinski definition) is 3. The minimum Gasteiger partial charge on any atom is -0.481 e. The van der Waals surface area contributed by atoms with Crippen LogP contribution in [0, 0.1) is 13.8 Å². The molecule has 0 aliphatic rings. The molecule has 0 unspecified atom stereocenters. The minimum atomic E-state index is -0.721. The summed E-state index contributed by atoms with van der Waals surface area (Å²) in [6.45, 7) is 7.63. The van der Waals surface area contributed by atoms with Crippen LogP contribution in [0.25, 0.3) is 0 Å². The molecule has 2 amide bonds. The summed E-state index contributed by atoms with van der Waals surface area (Å²) < 4.78 is 5.79. The number of anilines is 1. The number of amides is 2. The molecule has 2 atom stereocenters. The predicted molar refractivity (Wildman–Crippen MR) is 123 cm³/mol. The SMILES string of the molecule is Cc1ccc(O[C@@H](C)C(=O)Nc2ccccc2C(=O)N[C@H](C)c2ccccc2)cc1C. The molecule has 0 saturated carbocycles. The van der Waals surface area contributed by atoms with E-state index in [4.69, 9.17) is 4.74 Å². The molecule has 3 aromatic carbocycles. The summed E-state index contributed by atoms with van der Waals surface area (Å²) in [5, 5.41) is 5.81. The maximum atomic E-state index is 12.9. The van der Waals surface area contributed by atoms with Crippen molar-refractivity contribution in [1.29, 1.82) is 0 Å². The third kappa shape index (κ3) is 5.72. The van der Waals surface area contributed by atoms with Gasteiger partial charge in [0.2, 0.25) is 0 Å². The van der Waals surface area contributed by atoms with Gasteiger partial charge in [0, 0.05) is 0 Å². The molecular formula is C26H28N2O3. The topological polar surface area (TPSA) is 67.4 Å². The van der Waals surface area contributed by atoms with E-state index >= 15 is 0 Å². The number of hydrogen-bond donors (Lipinski definition) is 2. The molecule has 0 heterocycles. The van der Waals surface area contributed by atoms with Crippen molar-refractivity contribution in [2.75, 3.05) is 5.32 Å². The van der Waals surface area contributed by atoms with Crippen molar-refractivity contribution >= 4 is 17.5 Å². The van der Waals surface area contributed by atoms with Gasteiger partial charge in [-0.15, -0.1) is 0 Å². The molecule has 0 spiro atoms. The predicted octanol–water partition coefficient (Wildman–Crippen LogP) is 5.20. The van der Waals surface area contributed by atoms with Gasteiger partial charge in [0.25, 0.3) is 11.8 Å². The number of para-hydroxylation sites is 1. The first-order valence-corrected chi connectivity index (χ1v) is 10.3. The third-order valence-corrected chi connectivity index (χ3v) is 5.24. The number of carbonyl (C=O) groups is 2. The van der Waals surface area contributed by atoms with Crippen LogP contribution >= 0.6 is 0 Å². The van der Waals surface area contributed by atoms with E-state index in [-0.39, 0.29) is 17.9 Å². The second-order valence-electron chi connectivity index (χ2n) is 7.65. The van der Waals surface area contributed by atoms with Gasteiger partial charge in [0.1, 0.15) is 5.75 Å². The van der Waals surface area contributed by atoms with Gasteiger partial charge in [0.05, 0.1) is 17.3 Å². The highest BCUT2D eigenvalue weighted by atomic mass is 16.5. The molecule has 31 heavy (non-hydrogen) atoms. The number of aryl methyl sites for hydroxylation is 2. The lowest BCUT2D eigenvalue weighted by Gasteiger charge is -2.18. The van der Waals surface area contributed by atoms with E-state index in [9.17, 15) is 9.59 Å². The average molecular weight is 417 g/mol. The van der Waals surface area contributed by atoms with Crippen LogP contribution in [0.5, 0.6) is 5.75 Å². The maximum Gasteiger partial charge on any atom is 0.265 e. The Hall–Kier alpha value is -3.60. The van der Waals surface area contributed by atoms with Crippen molar-refractivity contribution in [2.24, 2.45) is 0 Å². The Balaban J connectivity index is 1.68. The Kier molecular flexibility index (Phi) is 7.08. The molecule has 5 heteroatoms. The van der Waals surface area contributed by atoms with Crippen LogP contribution in [0.3, 0.4) is 0 Å². The molecule has 0 bridgehead atoms. The lowest BCUT2D eigenvalue weighted by molar-refractivity contribution is -0.122. The Morgan fingerprint density at radius 1 is 0.839 bits per heavy atom. The van der Waals surface area contributed by atoms with Crippen LogP contribution in [0.4, 0.5) is 5.69 Å². The zero-order valence-electron chi connectivity index (χ0n) is 18.3. The second kappa shape index (κ2) is 9.94. The summed E-state index contributed by atoms with van der Waals surface area (Å²) in [6.07, 6.45) is -0.721. The smallest absolute Gasteiger partial charge is 0.265 e. The molecule has 160 valence electrons. The maximum absolute atomic E-state index is 12.9. The molecule has 0 aliphatic carbocycles. The van der Waals surface area contributed by atoms with E-state index in [1.165, 1.54) is 0 Å². The van der Waals surface area contributed by atoms with Crippen LogP contribution in [0.1, 0.15) is 46.9 Å². The van der Waals surface area contributed by atoms with Crippen molar-refractivity contribution in [3.05, 3.63) is 95.1 Å². The summed E-state index contributed by atoms with van der Waals surface area (Å²) in [5.74, 6) is 0.0537. The number of benzene rings is 3. The highest BCUT2D eigenvalue weighted by molar-refractivity contribution is 6.04. The molecule has 3 rings (SSSR count). The standard InChI is InChI=1S/C26H28N2O3/c1-17-14-15-22(16-18(17)2)31-20(4)25(29)28-24-13-9-8-12-23(24)26(30)27-19(3)21-10-6-5-7-11-21/h5-16,19-20H,1-4H3,(H,27,30)(H,28,29)/t19-,20+/m1/s1. The van der Waals surface area contributed by atoms with E-state index in [0.717, 1.165) is 16.7 Å². The molecule has 0 radical (unpaired) electrons. The Labute approximate surface area is 183 Å². The molecule has 3 aromatic rings. The Morgan fingerprint density at radius 3 is 2.23 bits per heavy atom. The highest BCUT2D eigenvalue weighted by Crippen LogP contribution is 2.20. The van der Waals surface area contributed by atoms with Crippen molar-refractivity contribution < 1.29 is 14.3 Å². The molecule has 5 nitrogen and oxygen atoms in total. The fraction of sp³-hybridized carbons (Fsp3) is 0.231. The largest absolute Gasteiger partial charge is 0.481 e. The lowest BCUT2D eigenvalue weighted by atomic mass is 10.1. The number of nitrogens with one attached hydrogen (secondary N) is 2. The molecular weight excluding hydrogens is 388 g/mol. The zero-order valence-corrected chi connectivity index (χ0v) is 18.3. The first-order valence-electron chi connectivity index (χ1n) is 10.3. The van der Waals surface area contributed by atoms with Crippen molar-refractivity contribution in [3.8, 4) is 5.75 Å². The fourth-order valence-corrected chi connectivity index (χ4v) is 3.17. The van der Waals surface area contributed by atoms with Gasteiger partial charge in [-0.25, -0.2) is 0 Å². The first-order chi connectivity index (χ1) is 14.8. The van der Waals surface area contributed by atoms with E-state index in [1.54, 1.807) is 31.2 Å². The normalized spacial score (nSPS) is 12.5. The van der Waals surface area contributed by atoms with Crippen molar-refractivity contribution in [1.82, 2.24) is 5.32 Å². The van der Waals surface area contributed by atoms with Crippen LogP contribution in [0.15, 0.2) is 72.8 Å². The van der Waals surface area contributed by atoms with Gasteiger partial charge in [-0.2, -0.15) is 0 Å². The fourth-order valence-electron chi connectivity index (χ4n) is 3.17. The molecule has 0 aromatic heterocycles. The van der Waals surface area contributed by atoms with Gasteiger partial charge in [0.15, 0.2) is 6.10 Å². The van der Waals surface area contributed by atoms with E-state index < -0.39 is 6.10 Å². The van der Waals surface area contributed by atoms with E-state index in [0.29, 0.717) is 17.0 Å². The van der Waals surface area contributed by atoms with Crippen LogP contribution in [0.2, 0.25) is 0 Å². The van der Waals surface area contributed by atoms with Gasteiger partial charge < -0.3 is 15.4 Å².